The first kappa shape index (κ1) is 14.7. The van der Waals surface area contributed by atoms with Crippen molar-refractivity contribution < 1.29 is 19.1 Å². The van der Waals surface area contributed by atoms with Gasteiger partial charge in [0.05, 0.1) is 19.6 Å². The second kappa shape index (κ2) is 7.84. The number of Topliss-reactive ketones (excluding diaryl/α,β-unsaturated/α-hetero) is 1. The SMILES string of the molecule is CCOC(=O)CCC(=O)CN1CCCCCC1=O. The number of hydrogen-bond donors (Lipinski definition) is 0. The number of esters is 1. The van der Waals surface area contributed by atoms with Crippen LogP contribution in [0.1, 0.15) is 45.4 Å². The molecule has 1 aliphatic heterocycles. The van der Waals surface area contributed by atoms with Crippen LogP contribution in [0.25, 0.3) is 0 Å². The lowest BCUT2D eigenvalue weighted by Crippen LogP contribution is -2.35. The van der Waals surface area contributed by atoms with Crippen LogP contribution in [0.4, 0.5) is 0 Å². The van der Waals surface area contributed by atoms with E-state index < -0.39 is 0 Å². The zero-order valence-electron chi connectivity index (χ0n) is 10.9. The number of nitrogens with zero attached hydrogens (tertiary/aromatic N) is 1. The second-order valence-electron chi connectivity index (χ2n) is 4.47. The van der Waals surface area contributed by atoms with Gasteiger partial charge in [-0.3, -0.25) is 14.4 Å². The average Bonchev–Trinajstić information content (AvgIpc) is 2.53. The van der Waals surface area contributed by atoms with Gasteiger partial charge in [-0.15, -0.1) is 0 Å². The molecule has 1 heterocycles. The molecule has 18 heavy (non-hydrogen) atoms. The standard InChI is InChI=1S/C13H21NO4/c1-2-18-13(17)8-7-11(15)10-14-9-5-3-4-6-12(14)16/h2-10H2,1H3. The molecule has 0 N–H and O–H groups in total. The van der Waals surface area contributed by atoms with Crippen LogP contribution >= 0.6 is 0 Å². The third-order valence-electron chi connectivity index (χ3n) is 2.95. The van der Waals surface area contributed by atoms with Crippen molar-refractivity contribution >= 4 is 17.7 Å². The molecule has 0 unspecified atom stereocenters. The van der Waals surface area contributed by atoms with E-state index in [0.717, 1.165) is 19.3 Å². The molecule has 102 valence electrons. The van der Waals surface area contributed by atoms with Crippen molar-refractivity contribution in [1.29, 1.82) is 0 Å². The Kier molecular flexibility index (Phi) is 6.39. The Hall–Kier alpha value is -1.39. The monoisotopic (exact) mass is 255 g/mol. The smallest absolute Gasteiger partial charge is 0.306 e. The topological polar surface area (TPSA) is 63.7 Å². The molecule has 1 rings (SSSR count). The van der Waals surface area contributed by atoms with Gasteiger partial charge in [0, 0.05) is 19.4 Å². The summed E-state index contributed by atoms with van der Waals surface area (Å²) in [5.74, 6) is -0.372. The van der Waals surface area contributed by atoms with Crippen LogP contribution in [0.3, 0.4) is 0 Å². The Labute approximate surface area is 107 Å². The summed E-state index contributed by atoms with van der Waals surface area (Å²) in [5, 5.41) is 0. The predicted molar refractivity (Wildman–Crippen MR) is 65.9 cm³/mol. The summed E-state index contributed by atoms with van der Waals surface area (Å²) in [7, 11) is 0. The predicted octanol–water partition coefficient (Wildman–Crippen LogP) is 1.30. The van der Waals surface area contributed by atoms with E-state index in [1.165, 1.54) is 0 Å². The number of likely N-dealkylation sites (tertiary alicyclic amines) is 1. The van der Waals surface area contributed by atoms with E-state index in [9.17, 15) is 14.4 Å². The number of hydrogen-bond acceptors (Lipinski definition) is 4. The number of amides is 1. The maximum atomic E-state index is 11.7. The van der Waals surface area contributed by atoms with Crippen LogP contribution in [-0.2, 0) is 19.1 Å². The summed E-state index contributed by atoms with van der Waals surface area (Å²) >= 11 is 0. The highest BCUT2D eigenvalue weighted by Crippen LogP contribution is 2.11. The molecule has 0 aromatic heterocycles. The lowest BCUT2D eigenvalue weighted by Gasteiger charge is -2.19. The van der Waals surface area contributed by atoms with Crippen molar-refractivity contribution in [3.63, 3.8) is 0 Å². The van der Waals surface area contributed by atoms with Gasteiger partial charge in [-0.2, -0.15) is 0 Å². The number of rotatable bonds is 6. The summed E-state index contributed by atoms with van der Waals surface area (Å²) in [6.45, 7) is 2.86. The zero-order chi connectivity index (χ0) is 13.4. The highest BCUT2D eigenvalue weighted by Gasteiger charge is 2.19. The van der Waals surface area contributed by atoms with Crippen molar-refractivity contribution in [2.75, 3.05) is 19.7 Å². The molecule has 0 radical (unpaired) electrons. The summed E-state index contributed by atoms with van der Waals surface area (Å²) in [4.78, 5) is 36.1. The van der Waals surface area contributed by atoms with Crippen LogP contribution in [0.15, 0.2) is 0 Å². The molecule has 1 saturated heterocycles. The van der Waals surface area contributed by atoms with E-state index in [1.54, 1.807) is 11.8 Å². The maximum absolute atomic E-state index is 11.7. The second-order valence-corrected chi connectivity index (χ2v) is 4.47. The van der Waals surface area contributed by atoms with Gasteiger partial charge in [-0.1, -0.05) is 6.42 Å². The Balaban J connectivity index is 2.30. The molecule has 5 heteroatoms. The number of ketones is 1. The molecule has 0 aromatic rings. The molecule has 0 spiro atoms. The molecule has 1 aliphatic rings. The number of carbonyl (C=O) groups excluding carboxylic acids is 3. The summed E-state index contributed by atoms with van der Waals surface area (Å²) in [5.41, 5.74) is 0. The van der Waals surface area contributed by atoms with Crippen molar-refractivity contribution in [1.82, 2.24) is 4.90 Å². The zero-order valence-corrected chi connectivity index (χ0v) is 10.9. The molecule has 0 saturated carbocycles. The Bertz CT molecular complexity index is 314. The molecular weight excluding hydrogens is 234 g/mol. The normalized spacial score (nSPS) is 16.3. The number of ether oxygens (including phenoxy) is 1. The first-order chi connectivity index (χ1) is 8.63. The third kappa shape index (κ3) is 5.29. The van der Waals surface area contributed by atoms with Gasteiger partial charge >= 0.3 is 5.97 Å². The van der Waals surface area contributed by atoms with Crippen molar-refractivity contribution in [3.05, 3.63) is 0 Å². The fraction of sp³-hybridized carbons (Fsp3) is 0.769. The fourth-order valence-corrected chi connectivity index (χ4v) is 1.97. The molecule has 0 aliphatic carbocycles. The van der Waals surface area contributed by atoms with E-state index in [1.807, 2.05) is 0 Å². The van der Waals surface area contributed by atoms with Gasteiger partial charge in [0.2, 0.25) is 5.91 Å². The Morgan fingerprint density at radius 2 is 2.00 bits per heavy atom. The Morgan fingerprint density at radius 1 is 1.22 bits per heavy atom. The minimum atomic E-state index is -0.354. The van der Waals surface area contributed by atoms with Gasteiger partial charge in [-0.05, 0) is 19.8 Å². The molecule has 1 amide bonds. The lowest BCUT2D eigenvalue weighted by molar-refractivity contribution is -0.144. The quantitative estimate of drug-likeness (QED) is 0.671. The van der Waals surface area contributed by atoms with Crippen LogP contribution in [0.2, 0.25) is 0 Å². The molecule has 0 bridgehead atoms. The molecule has 1 fully saturated rings. The van der Waals surface area contributed by atoms with Crippen molar-refractivity contribution in [3.8, 4) is 0 Å². The molecular formula is C13H21NO4. The average molecular weight is 255 g/mol. The van der Waals surface area contributed by atoms with Crippen LogP contribution < -0.4 is 0 Å². The van der Waals surface area contributed by atoms with E-state index >= 15 is 0 Å². The Morgan fingerprint density at radius 3 is 2.72 bits per heavy atom. The minimum Gasteiger partial charge on any atom is -0.466 e. The number of carbonyl (C=O) groups is 3. The molecule has 0 aromatic carbocycles. The highest BCUT2D eigenvalue weighted by atomic mass is 16.5. The van der Waals surface area contributed by atoms with Gasteiger partial charge in [-0.25, -0.2) is 0 Å². The summed E-state index contributed by atoms with van der Waals surface area (Å²) in [6.07, 6.45) is 3.70. The first-order valence-corrected chi connectivity index (χ1v) is 6.58. The van der Waals surface area contributed by atoms with Crippen LogP contribution in [0.5, 0.6) is 0 Å². The third-order valence-corrected chi connectivity index (χ3v) is 2.95. The molecule has 5 nitrogen and oxygen atoms in total. The molecule has 0 atom stereocenters. The van der Waals surface area contributed by atoms with E-state index in [2.05, 4.69) is 0 Å². The van der Waals surface area contributed by atoms with Crippen molar-refractivity contribution in [2.24, 2.45) is 0 Å². The fourth-order valence-electron chi connectivity index (χ4n) is 1.97. The lowest BCUT2D eigenvalue weighted by atomic mass is 10.2. The minimum absolute atomic E-state index is 0.0528. The van der Waals surface area contributed by atoms with Crippen LogP contribution in [0, 0.1) is 0 Å². The summed E-state index contributed by atoms with van der Waals surface area (Å²) < 4.78 is 4.75. The van der Waals surface area contributed by atoms with Gasteiger partial charge in [0.1, 0.15) is 0 Å². The van der Waals surface area contributed by atoms with Crippen molar-refractivity contribution in [2.45, 2.75) is 45.4 Å². The summed E-state index contributed by atoms with van der Waals surface area (Å²) in [6, 6.07) is 0. The maximum Gasteiger partial charge on any atom is 0.306 e. The largest absolute Gasteiger partial charge is 0.466 e. The van der Waals surface area contributed by atoms with Gasteiger partial charge in [0.15, 0.2) is 5.78 Å². The van der Waals surface area contributed by atoms with Crippen LogP contribution in [-0.4, -0.2) is 42.3 Å². The van der Waals surface area contributed by atoms with E-state index in [0.29, 0.717) is 19.6 Å². The highest BCUT2D eigenvalue weighted by molar-refractivity contribution is 5.88. The van der Waals surface area contributed by atoms with Gasteiger partial charge in [0.25, 0.3) is 0 Å². The van der Waals surface area contributed by atoms with E-state index in [4.69, 9.17) is 4.74 Å². The van der Waals surface area contributed by atoms with Gasteiger partial charge < -0.3 is 9.64 Å². The first-order valence-electron chi connectivity index (χ1n) is 6.58. The van der Waals surface area contributed by atoms with E-state index in [-0.39, 0.29) is 37.0 Å².